The second-order valence-electron chi connectivity index (χ2n) is 7.39. The van der Waals surface area contributed by atoms with Gasteiger partial charge in [0, 0.05) is 40.9 Å². The Kier molecular flexibility index (Phi) is 9.11. The van der Waals surface area contributed by atoms with Gasteiger partial charge < -0.3 is 26.4 Å². The Morgan fingerprint density at radius 1 is 1.17 bits per heavy atom. The van der Waals surface area contributed by atoms with E-state index in [0.717, 1.165) is 18.4 Å². The van der Waals surface area contributed by atoms with Crippen LogP contribution in [-0.2, 0) is 16.1 Å². The highest BCUT2D eigenvalue weighted by atomic mass is 35.5. The lowest BCUT2D eigenvalue weighted by molar-refractivity contribution is -0.124. The monoisotopic (exact) mass is 456 g/mol. The molecular formula is C21H30Cl2N4O3. The minimum Gasteiger partial charge on any atom is -0.445 e. The number of nitrogens with zero attached hydrogens (tertiary/aromatic N) is 1. The van der Waals surface area contributed by atoms with Crippen LogP contribution in [0.3, 0.4) is 0 Å². The molecule has 0 aromatic heterocycles. The number of benzene rings is 1. The third-order valence-corrected chi connectivity index (χ3v) is 5.78. The molecule has 1 heterocycles. The molecular weight excluding hydrogens is 427 g/mol. The van der Waals surface area contributed by atoms with Crippen LogP contribution in [0.5, 0.6) is 0 Å². The van der Waals surface area contributed by atoms with E-state index in [0.29, 0.717) is 40.7 Å². The molecule has 1 saturated carbocycles. The summed E-state index contributed by atoms with van der Waals surface area (Å²) in [4.78, 5) is 26.4. The number of halogens is 2. The van der Waals surface area contributed by atoms with Crippen molar-refractivity contribution in [2.24, 2.45) is 29.2 Å². The number of nitrogens with two attached hydrogens (primary N) is 2. The molecule has 2 amide bonds. The van der Waals surface area contributed by atoms with E-state index in [1.165, 1.54) is 6.20 Å². The molecule has 30 heavy (non-hydrogen) atoms. The van der Waals surface area contributed by atoms with Crippen LogP contribution in [0.15, 0.2) is 30.1 Å². The van der Waals surface area contributed by atoms with E-state index in [1.54, 1.807) is 23.1 Å². The van der Waals surface area contributed by atoms with Gasteiger partial charge in [-0.05, 0) is 48.4 Å². The molecule has 7 nitrogen and oxygen atoms in total. The molecule has 3 rings (SSSR count). The molecule has 1 saturated heterocycles. The highest BCUT2D eigenvalue weighted by Crippen LogP contribution is 2.41. The maximum absolute atomic E-state index is 12.4. The Morgan fingerprint density at radius 3 is 2.27 bits per heavy atom. The fourth-order valence-electron chi connectivity index (χ4n) is 3.99. The number of fused-ring (bicyclic) bond motifs is 1. The van der Waals surface area contributed by atoms with Gasteiger partial charge in [-0.25, -0.2) is 4.79 Å². The molecule has 1 aliphatic heterocycles. The van der Waals surface area contributed by atoms with Gasteiger partial charge in [0.2, 0.25) is 5.91 Å². The van der Waals surface area contributed by atoms with Crippen molar-refractivity contribution in [1.82, 2.24) is 10.2 Å². The third kappa shape index (κ3) is 6.44. The number of nitrogens with one attached hydrogen (secondary N) is 1. The molecule has 0 spiro atoms. The number of hydrogen-bond donors (Lipinski definition) is 3. The summed E-state index contributed by atoms with van der Waals surface area (Å²) in [6.45, 7) is 5.59. The van der Waals surface area contributed by atoms with E-state index in [1.807, 2.05) is 13.8 Å². The van der Waals surface area contributed by atoms with Gasteiger partial charge in [-0.2, -0.15) is 0 Å². The lowest BCUT2D eigenvalue weighted by atomic mass is 10.0. The van der Waals surface area contributed by atoms with Gasteiger partial charge in [0.1, 0.15) is 6.61 Å². The van der Waals surface area contributed by atoms with E-state index < -0.39 is 0 Å². The first kappa shape index (κ1) is 24.2. The Balaban J connectivity index is 0.00000155. The van der Waals surface area contributed by atoms with E-state index in [9.17, 15) is 9.59 Å². The topological polar surface area (TPSA) is 111 Å². The predicted molar refractivity (Wildman–Crippen MR) is 119 cm³/mol. The number of ether oxygens (including phenoxy) is 1. The Hall–Kier alpha value is -2.12. The predicted octanol–water partition coefficient (Wildman–Crippen LogP) is 3.49. The SMILES string of the molecule is CC.N/C=C(\N)CNC(=O)C1CC2CN(C(=O)OCc3cc(Cl)cc(Cl)c3)CC2C1. The number of carbonyl (C=O) groups is 2. The second-order valence-corrected chi connectivity index (χ2v) is 8.26. The van der Waals surface area contributed by atoms with Gasteiger partial charge in [-0.3, -0.25) is 4.79 Å². The third-order valence-electron chi connectivity index (χ3n) is 5.35. The first-order valence-corrected chi connectivity index (χ1v) is 10.9. The molecule has 1 aromatic rings. The van der Waals surface area contributed by atoms with Crippen LogP contribution in [-0.4, -0.2) is 36.5 Å². The molecule has 1 aromatic carbocycles. The van der Waals surface area contributed by atoms with Gasteiger partial charge in [0.15, 0.2) is 0 Å². The summed E-state index contributed by atoms with van der Waals surface area (Å²) in [5.74, 6) is 0.566. The van der Waals surface area contributed by atoms with Gasteiger partial charge in [0.25, 0.3) is 0 Å². The molecule has 5 N–H and O–H groups in total. The molecule has 1 aliphatic carbocycles. The van der Waals surface area contributed by atoms with E-state index in [2.05, 4.69) is 5.32 Å². The fraction of sp³-hybridized carbons (Fsp3) is 0.524. The van der Waals surface area contributed by atoms with Crippen molar-refractivity contribution in [3.05, 3.63) is 45.7 Å². The zero-order valence-electron chi connectivity index (χ0n) is 17.4. The Labute approximate surface area is 187 Å². The van der Waals surface area contributed by atoms with E-state index in [-0.39, 0.29) is 31.1 Å². The van der Waals surface area contributed by atoms with Gasteiger partial charge in [-0.1, -0.05) is 37.0 Å². The molecule has 2 aliphatic rings. The fourth-order valence-corrected chi connectivity index (χ4v) is 4.56. The number of rotatable bonds is 5. The quantitative estimate of drug-likeness (QED) is 0.627. The normalized spacial score (nSPS) is 22.7. The maximum Gasteiger partial charge on any atom is 0.410 e. The van der Waals surface area contributed by atoms with E-state index in [4.69, 9.17) is 39.4 Å². The summed E-state index contributed by atoms with van der Waals surface area (Å²) >= 11 is 11.9. The summed E-state index contributed by atoms with van der Waals surface area (Å²) in [5.41, 5.74) is 12.1. The van der Waals surface area contributed by atoms with Crippen LogP contribution in [0.1, 0.15) is 32.3 Å². The smallest absolute Gasteiger partial charge is 0.410 e. The molecule has 2 atom stereocenters. The van der Waals surface area contributed by atoms with Crippen LogP contribution < -0.4 is 16.8 Å². The van der Waals surface area contributed by atoms with Crippen LogP contribution in [0.2, 0.25) is 10.0 Å². The highest BCUT2D eigenvalue weighted by molar-refractivity contribution is 6.34. The minimum absolute atomic E-state index is 0.00818. The summed E-state index contributed by atoms with van der Waals surface area (Å²) in [6, 6.07) is 5.06. The molecule has 166 valence electrons. The van der Waals surface area contributed by atoms with Gasteiger partial charge in [-0.15, -0.1) is 0 Å². The largest absolute Gasteiger partial charge is 0.445 e. The lowest BCUT2D eigenvalue weighted by Crippen LogP contribution is -2.35. The van der Waals surface area contributed by atoms with Crippen LogP contribution >= 0.6 is 23.2 Å². The lowest BCUT2D eigenvalue weighted by Gasteiger charge is -2.19. The molecule has 0 radical (unpaired) electrons. The summed E-state index contributed by atoms with van der Waals surface area (Å²) in [5, 5.41) is 3.81. The minimum atomic E-state index is -0.354. The van der Waals surface area contributed by atoms with Crippen LogP contribution in [0.25, 0.3) is 0 Å². The first-order chi connectivity index (χ1) is 14.4. The number of hydrogen-bond acceptors (Lipinski definition) is 5. The Bertz CT molecular complexity index is 753. The standard InChI is InChI=1S/C19H24Cl2N4O3.C2H6/c20-15-1-11(2-16(21)5-15)10-28-19(27)25-8-13-3-12(4-14(13)9-25)18(26)24-7-17(23)6-22;1-2/h1-2,5-6,12-14H,3-4,7-10,22-23H2,(H,24,26);1-2H3/b17-6-;. The number of carbonyl (C=O) groups excluding carboxylic acids is 2. The van der Waals surface area contributed by atoms with Crippen LogP contribution in [0.4, 0.5) is 4.79 Å². The van der Waals surface area contributed by atoms with Crippen molar-refractivity contribution in [2.75, 3.05) is 19.6 Å². The van der Waals surface area contributed by atoms with Crippen molar-refractivity contribution in [1.29, 1.82) is 0 Å². The molecule has 2 fully saturated rings. The average molecular weight is 457 g/mol. The summed E-state index contributed by atoms with van der Waals surface area (Å²) < 4.78 is 5.40. The second kappa shape index (κ2) is 11.3. The van der Waals surface area contributed by atoms with Crippen molar-refractivity contribution in [3.8, 4) is 0 Å². The number of amides is 2. The van der Waals surface area contributed by atoms with Crippen molar-refractivity contribution in [3.63, 3.8) is 0 Å². The highest BCUT2D eigenvalue weighted by Gasteiger charge is 2.44. The first-order valence-electron chi connectivity index (χ1n) is 10.2. The van der Waals surface area contributed by atoms with Gasteiger partial charge in [0.05, 0.1) is 6.54 Å². The molecule has 9 heteroatoms. The van der Waals surface area contributed by atoms with Gasteiger partial charge >= 0.3 is 6.09 Å². The van der Waals surface area contributed by atoms with E-state index >= 15 is 0 Å². The average Bonchev–Trinajstić information content (AvgIpc) is 3.30. The summed E-state index contributed by atoms with van der Waals surface area (Å²) in [6.07, 6.45) is 2.45. The zero-order valence-corrected chi connectivity index (χ0v) is 18.9. The van der Waals surface area contributed by atoms with Crippen molar-refractivity contribution < 1.29 is 14.3 Å². The maximum atomic E-state index is 12.4. The zero-order chi connectivity index (χ0) is 22.3. The Morgan fingerprint density at radius 2 is 1.73 bits per heavy atom. The molecule has 0 bridgehead atoms. The van der Waals surface area contributed by atoms with Crippen molar-refractivity contribution >= 4 is 35.2 Å². The molecule has 2 unspecified atom stereocenters. The van der Waals surface area contributed by atoms with Crippen molar-refractivity contribution in [2.45, 2.75) is 33.3 Å². The summed E-state index contributed by atoms with van der Waals surface area (Å²) in [7, 11) is 0. The van der Waals surface area contributed by atoms with Crippen LogP contribution in [0, 0.1) is 17.8 Å². The number of likely N-dealkylation sites (tertiary alicyclic amines) is 1.